The lowest BCUT2D eigenvalue weighted by Crippen LogP contribution is -2.30. The van der Waals surface area contributed by atoms with Crippen molar-refractivity contribution in [3.05, 3.63) is 42.5 Å². The second kappa shape index (κ2) is 8.00. The van der Waals surface area contributed by atoms with Gasteiger partial charge in [-0.25, -0.2) is 8.42 Å². The molecule has 0 radical (unpaired) electrons. The highest BCUT2D eigenvalue weighted by atomic mass is 32.2. The van der Waals surface area contributed by atoms with E-state index in [0.717, 1.165) is 24.3 Å². The maximum absolute atomic E-state index is 12.4. The molecule has 1 aromatic carbocycles. The zero-order valence-corrected chi connectivity index (χ0v) is 12.5. The number of halogens is 2. The molecular formula is C14H17F2NO4S. The fraction of sp³-hybridized carbons (Fsp3) is 0.357. The Morgan fingerprint density at radius 2 is 1.91 bits per heavy atom. The molecule has 0 saturated heterocycles. The second-order valence-electron chi connectivity index (χ2n) is 4.61. The van der Waals surface area contributed by atoms with Crippen LogP contribution >= 0.6 is 0 Å². The maximum Gasteiger partial charge on any atom is 0.341 e. The van der Waals surface area contributed by atoms with Gasteiger partial charge in [0.15, 0.2) is 0 Å². The van der Waals surface area contributed by atoms with Gasteiger partial charge in [0.25, 0.3) is 5.91 Å². The molecule has 0 aliphatic heterocycles. The minimum atomic E-state index is -4.67. The molecule has 22 heavy (non-hydrogen) atoms. The topological polar surface area (TPSA) is 83.5 Å². The zero-order valence-electron chi connectivity index (χ0n) is 11.7. The van der Waals surface area contributed by atoms with Crippen LogP contribution in [-0.4, -0.2) is 38.3 Å². The number of carbonyl (C=O) groups is 1. The Balaban J connectivity index is 2.74. The van der Waals surface area contributed by atoms with Gasteiger partial charge in [0.2, 0.25) is 9.84 Å². The zero-order chi connectivity index (χ0) is 16.8. The Morgan fingerprint density at radius 1 is 1.32 bits per heavy atom. The lowest BCUT2D eigenvalue weighted by Gasteiger charge is -2.13. The number of aliphatic hydroxyl groups is 1. The predicted molar refractivity (Wildman–Crippen MR) is 77.4 cm³/mol. The molecule has 8 heteroatoms. The molecule has 0 aliphatic carbocycles. The Hall–Kier alpha value is -1.80. The van der Waals surface area contributed by atoms with E-state index in [1.807, 2.05) is 0 Å². The van der Waals surface area contributed by atoms with Gasteiger partial charge in [0.05, 0.1) is 4.90 Å². The van der Waals surface area contributed by atoms with Crippen LogP contribution in [0.4, 0.5) is 8.78 Å². The van der Waals surface area contributed by atoms with Crippen molar-refractivity contribution in [2.75, 3.05) is 13.2 Å². The van der Waals surface area contributed by atoms with Gasteiger partial charge in [-0.1, -0.05) is 6.08 Å². The maximum atomic E-state index is 12.4. The lowest BCUT2D eigenvalue weighted by molar-refractivity contribution is 0.0940. The Kier molecular flexibility index (Phi) is 6.63. The van der Waals surface area contributed by atoms with E-state index in [9.17, 15) is 22.0 Å². The quantitative estimate of drug-likeness (QED) is 0.708. The van der Waals surface area contributed by atoms with Gasteiger partial charge in [-0.2, -0.15) is 8.78 Å². The summed E-state index contributed by atoms with van der Waals surface area (Å²) in [6.45, 7) is 3.65. The van der Waals surface area contributed by atoms with Crippen LogP contribution in [0.15, 0.2) is 41.8 Å². The monoisotopic (exact) mass is 333 g/mol. The third-order valence-corrected chi connectivity index (χ3v) is 4.39. The predicted octanol–water partition coefficient (Wildman–Crippen LogP) is 1.60. The summed E-state index contributed by atoms with van der Waals surface area (Å²) in [5, 5.41) is 11.7. The fourth-order valence-electron chi connectivity index (χ4n) is 1.70. The van der Waals surface area contributed by atoms with Gasteiger partial charge in [0.1, 0.15) is 0 Å². The molecule has 1 atom stereocenters. The number of benzene rings is 1. The van der Waals surface area contributed by atoms with Crippen molar-refractivity contribution in [2.24, 2.45) is 5.92 Å². The van der Waals surface area contributed by atoms with Crippen LogP contribution in [0.2, 0.25) is 0 Å². The first-order valence-corrected chi connectivity index (χ1v) is 7.99. The van der Waals surface area contributed by atoms with Crippen LogP contribution in [0.5, 0.6) is 0 Å². The van der Waals surface area contributed by atoms with Crippen LogP contribution in [0.25, 0.3) is 0 Å². The van der Waals surface area contributed by atoms with E-state index in [1.165, 1.54) is 0 Å². The molecule has 1 aromatic rings. The molecule has 0 fully saturated rings. The van der Waals surface area contributed by atoms with Crippen LogP contribution in [0.3, 0.4) is 0 Å². The van der Waals surface area contributed by atoms with E-state index >= 15 is 0 Å². The van der Waals surface area contributed by atoms with Gasteiger partial charge in [0, 0.05) is 24.6 Å². The van der Waals surface area contributed by atoms with E-state index in [0.29, 0.717) is 6.42 Å². The van der Waals surface area contributed by atoms with E-state index in [-0.39, 0.29) is 24.6 Å². The van der Waals surface area contributed by atoms with Gasteiger partial charge >= 0.3 is 5.76 Å². The van der Waals surface area contributed by atoms with Crippen LogP contribution in [-0.2, 0) is 9.84 Å². The van der Waals surface area contributed by atoms with Crippen molar-refractivity contribution in [1.82, 2.24) is 5.32 Å². The highest BCUT2D eigenvalue weighted by molar-refractivity contribution is 7.91. The van der Waals surface area contributed by atoms with E-state index in [2.05, 4.69) is 11.9 Å². The molecule has 1 rings (SSSR count). The molecule has 0 heterocycles. The number of carbonyl (C=O) groups excluding carboxylic acids is 1. The van der Waals surface area contributed by atoms with Gasteiger partial charge in [-0.15, -0.1) is 6.58 Å². The first-order chi connectivity index (χ1) is 10.3. The summed E-state index contributed by atoms with van der Waals surface area (Å²) in [6, 6.07) is 4.24. The number of aliphatic hydroxyl groups excluding tert-OH is 1. The number of amides is 1. The number of rotatable bonds is 8. The summed E-state index contributed by atoms with van der Waals surface area (Å²) in [4.78, 5) is 11.3. The van der Waals surface area contributed by atoms with Gasteiger partial charge in [-0.05, 0) is 30.7 Å². The number of hydrogen-bond acceptors (Lipinski definition) is 4. The molecule has 0 aromatic heterocycles. The smallest absolute Gasteiger partial charge is 0.341 e. The van der Waals surface area contributed by atoms with Crippen molar-refractivity contribution >= 4 is 15.7 Å². The number of alkyl halides is 2. The molecule has 0 aliphatic rings. The largest absolute Gasteiger partial charge is 0.396 e. The second-order valence-corrected chi connectivity index (χ2v) is 6.53. The number of sulfone groups is 1. The minimum Gasteiger partial charge on any atom is -0.396 e. The third kappa shape index (κ3) is 4.60. The van der Waals surface area contributed by atoms with Crippen molar-refractivity contribution in [1.29, 1.82) is 0 Å². The van der Waals surface area contributed by atoms with E-state index in [4.69, 9.17) is 5.11 Å². The first kappa shape index (κ1) is 18.2. The number of nitrogens with one attached hydrogen (secondary N) is 1. The Labute approximate surface area is 127 Å². The Bertz CT molecular complexity index is 614. The average Bonchev–Trinajstić information content (AvgIpc) is 2.51. The third-order valence-electron chi connectivity index (χ3n) is 2.99. The molecular weight excluding hydrogens is 316 g/mol. The number of hydrogen-bond donors (Lipinski definition) is 2. The summed E-state index contributed by atoms with van der Waals surface area (Å²) in [6.07, 6.45) is 2.15. The standard InChI is InChI=1S/C14H17F2NO4S/c1-2-3-10(9-18)8-17-13(19)11-4-6-12(7-5-11)22(20,21)14(15)16/h2,4-7,10,14,18H,1,3,8-9H2,(H,17,19). The molecule has 1 unspecified atom stereocenters. The fourth-order valence-corrected chi connectivity index (χ4v) is 2.42. The van der Waals surface area contributed by atoms with Crippen molar-refractivity contribution in [3.8, 4) is 0 Å². The van der Waals surface area contributed by atoms with Crippen LogP contribution in [0, 0.1) is 5.92 Å². The molecule has 0 saturated carbocycles. The summed E-state index contributed by atoms with van der Waals surface area (Å²) in [5.41, 5.74) is 0.142. The van der Waals surface area contributed by atoms with E-state index in [1.54, 1.807) is 6.08 Å². The summed E-state index contributed by atoms with van der Waals surface area (Å²) >= 11 is 0. The normalized spacial score (nSPS) is 12.9. The highest BCUT2D eigenvalue weighted by Gasteiger charge is 2.26. The molecule has 122 valence electrons. The van der Waals surface area contributed by atoms with Crippen LogP contribution in [0.1, 0.15) is 16.8 Å². The minimum absolute atomic E-state index is 0.113. The summed E-state index contributed by atoms with van der Waals surface area (Å²) in [7, 11) is -4.67. The average molecular weight is 333 g/mol. The Morgan fingerprint density at radius 3 is 2.36 bits per heavy atom. The van der Waals surface area contributed by atoms with Gasteiger partial charge in [-0.3, -0.25) is 4.79 Å². The van der Waals surface area contributed by atoms with E-state index < -0.39 is 26.4 Å². The SMILES string of the molecule is C=CCC(CO)CNC(=O)c1ccc(S(=O)(=O)C(F)F)cc1. The summed E-state index contributed by atoms with van der Waals surface area (Å²) in [5.74, 6) is -4.15. The summed E-state index contributed by atoms with van der Waals surface area (Å²) < 4.78 is 47.3. The van der Waals surface area contributed by atoms with Crippen LogP contribution < -0.4 is 5.32 Å². The molecule has 0 bridgehead atoms. The van der Waals surface area contributed by atoms with Crippen molar-refractivity contribution < 1.29 is 27.1 Å². The molecule has 0 spiro atoms. The number of allylic oxidation sites excluding steroid dienone is 1. The highest BCUT2D eigenvalue weighted by Crippen LogP contribution is 2.18. The first-order valence-electron chi connectivity index (χ1n) is 6.45. The lowest BCUT2D eigenvalue weighted by atomic mass is 10.1. The molecule has 2 N–H and O–H groups in total. The molecule has 1 amide bonds. The van der Waals surface area contributed by atoms with Crippen molar-refractivity contribution in [2.45, 2.75) is 17.1 Å². The molecule has 5 nitrogen and oxygen atoms in total. The van der Waals surface area contributed by atoms with Crippen molar-refractivity contribution in [3.63, 3.8) is 0 Å². The van der Waals surface area contributed by atoms with Gasteiger partial charge < -0.3 is 10.4 Å².